The van der Waals surface area contributed by atoms with Crippen LogP contribution in [-0.4, -0.2) is 11.3 Å². The third kappa shape index (κ3) is 1.73. The quantitative estimate of drug-likeness (QED) is 0.791. The van der Waals surface area contributed by atoms with Gasteiger partial charge in [-0.3, -0.25) is 0 Å². The smallest absolute Gasteiger partial charge is 0.147 e. The summed E-state index contributed by atoms with van der Waals surface area (Å²) in [7, 11) is 0. The van der Waals surface area contributed by atoms with Gasteiger partial charge >= 0.3 is 0 Å². The molecule has 84 valence electrons. The highest BCUT2D eigenvalue weighted by atomic mass is 19.1. The van der Waals surface area contributed by atoms with Crippen LogP contribution in [0.4, 0.5) is 4.39 Å². The standard InChI is InChI=1S/C13H14FNO/c1-8-9(2)15-13-11(8)6-10(4-3-5-16)7-12(13)14/h5-7,15H,3-4H2,1-2H3. The molecule has 1 heterocycles. The molecule has 0 saturated carbocycles. The highest BCUT2D eigenvalue weighted by Gasteiger charge is 2.10. The molecule has 2 aromatic rings. The molecule has 0 aliphatic heterocycles. The van der Waals surface area contributed by atoms with Crippen LogP contribution in [0, 0.1) is 19.7 Å². The lowest BCUT2D eigenvalue weighted by Crippen LogP contribution is -1.89. The minimum Gasteiger partial charge on any atom is -0.356 e. The van der Waals surface area contributed by atoms with Crippen LogP contribution in [0.1, 0.15) is 23.2 Å². The lowest BCUT2D eigenvalue weighted by molar-refractivity contribution is -0.107. The molecule has 2 nitrogen and oxygen atoms in total. The molecule has 1 N–H and O–H groups in total. The Balaban J connectivity index is 2.56. The van der Waals surface area contributed by atoms with E-state index in [9.17, 15) is 9.18 Å². The Morgan fingerprint density at radius 3 is 2.81 bits per heavy atom. The molecule has 0 bridgehead atoms. The molecule has 0 unspecified atom stereocenters. The molecule has 0 aliphatic carbocycles. The van der Waals surface area contributed by atoms with Gasteiger partial charge in [-0.15, -0.1) is 0 Å². The van der Waals surface area contributed by atoms with E-state index >= 15 is 0 Å². The van der Waals surface area contributed by atoms with Crippen molar-refractivity contribution in [2.24, 2.45) is 0 Å². The molecule has 2 rings (SSSR count). The highest BCUT2D eigenvalue weighted by Crippen LogP contribution is 2.25. The zero-order valence-corrected chi connectivity index (χ0v) is 9.43. The number of aromatic nitrogens is 1. The SMILES string of the molecule is Cc1[nH]c2c(F)cc(CCC=O)cc2c1C. The fourth-order valence-electron chi connectivity index (χ4n) is 1.94. The van der Waals surface area contributed by atoms with Crippen LogP contribution in [0.5, 0.6) is 0 Å². The molecule has 1 aromatic carbocycles. The van der Waals surface area contributed by atoms with E-state index in [1.54, 1.807) is 0 Å². The molecule has 0 saturated heterocycles. The number of benzene rings is 1. The second kappa shape index (κ2) is 4.08. The summed E-state index contributed by atoms with van der Waals surface area (Å²) in [5, 5.41) is 0.915. The van der Waals surface area contributed by atoms with Crippen molar-refractivity contribution in [3.8, 4) is 0 Å². The van der Waals surface area contributed by atoms with Crippen LogP contribution in [0.2, 0.25) is 0 Å². The predicted octanol–water partition coefficient (Wildman–Crippen LogP) is 3.06. The van der Waals surface area contributed by atoms with Crippen LogP contribution in [0.15, 0.2) is 12.1 Å². The van der Waals surface area contributed by atoms with Gasteiger partial charge in [0.1, 0.15) is 12.1 Å². The maximum Gasteiger partial charge on any atom is 0.147 e. The van der Waals surface area contributed by atoms with Crippen molar-refractivity contribution in [2.45, 2.75) is 26.7 Å². The normalized spacial score (nSPS) is 10.9. The van der Waals surface area contributed by atoms with E-state index in [1.165, 1.54) is 6.07 Å². The van der Waals surface area contributed by atoms with Crippen molar-refractivity contribution < 1.29 is 9.18 Å². The predicted molar refractivity (Wildman–Crippen MR) is 62.1 cm³/mol. The summed E-state index contributed by atoms with van der Waals surface area (Å²) in [6, 6.07) is 3.46. The third-order valence-corrected chi connectivity index (χ3v) is 2.98. The van der Waals surface area contributed by atoms with Crippen molar-refractivity contribution in [3.05, 3.63) is 34.8 Å². The van der Waals surface area contributed by atoms with E-state index in [4.69, 9.17) is 0 Å². The fraction of sp³-hybridized carbons (Fsp3) is 0.308. The number of fused-ring (bicyclic) bond motifs is 1. The first-order valence-electron chi connectivity index (χ1n) is 5.34. The van der Waals surface area contributed by atoms with E-state index in [1.807, 2.05) is 19.9 Å². The topological polar surface area (TPSA) is 32.9 Å². The largest absolute Gasteiger partial charge is 0.356 e. The number of aromatic amines is 1. The Hall–Kier alpha value is -1.64. The van der Waals surface area contributed by atoms with Crippen LogP contribution in [-0.2, 0) is 11.2 Å². The van der Waals surface area contributed by atoms with Crippen LogP contribution in [0.25, 0.3) is 10.9 Å². The molecule has 0 amide bonds. The van der Waals surface area contributed by atoms with E-state index < -0.39 is 0 Å². The van der Waals surface area contributed by atoms with Gasteiger partial charge in [-0.1, -0.05) is 0 Å². The van der Waals surface area contributed by atoms with Gasteiger partial charge in [-0.25, -0.2) is 4.39 Å². The van der Waals surface area contributed by atoms with Gasteiger partial charge < -0.3 is 9.78 Å². The van der Waals surface area contributed by atoms with Gasteiger partial charge in [0.2, 0.25) is 0 Å². The molecule has 0 spiro atoms. The number of rotatable bonds is 3. The average Bonchev–Trinajstić information content (AvgIpc) is 2.54. The fourth-order valence-corrected chi connectivity index (χ4v) is 1.94. The molecule has 0 radical (unpaired) electrons. The first kappa shape index (κ1) is 10.9. The van der Waals surface area contributed by atoms with E-state index in [2.05, 4.69) is 4.98 Å². The Morgan fingerprint density at radius 1 is 1.38 bits per heavy atom. The lowest BCUT2D eigenvalue weighted by Gasteiger charge is -2.00. The highest BCUT2D eigenvalue weighted by molar-refractivity contribution is 5.85. The zero-order valence-electron chi connectivity index (χ0n) is 9.43. The lowest BCUT2D eigenvalue weighted by atomic mass is 10.1. The molecule has 0 fully saturated rings. The summed E-state index contributed by atoms with van der Waals surface area (Å²) in [4.78, 5) is 13.3. The Morgan fingerprint density at radius 2 is 2.12 bits per heavy atom. The van der Waals surface area contributed by atoms with Crippen LogP contribution in [0.3, 0.4) is 0 Å². The van der Waals surface area contributed by atoms with Crippen molar-refractivity contribution in [1.82, 2.24) is 4.98 Å². The summed E-state index contributed by atoms with van der Waals surface area (Å²) in [5.41, 5.74) is 3.49. The zero-order chi connectivity index (χ0) is 11.7. The maximum atomic E-state index is 13.7. The number of halogens is 1. The summed E-state index contributed by atoms with van der Waals surface area (Å²) < 4.78 is 13.7. The van der Waals surface area contributed by atoms with Crippen LogP contribution >= 0.6 is 0 Å². The van der Waals surface area contributed by atoms with Gasteiger partial charge in [-0.05, 0) is 43.5 Å². The number of nitrogens with one attached hydrogen (secondary N) is 1. The Labute approximate surface area is 93.5 Å². The third-order valence-electron chi connectivity index (χ3n) is 2.98. The number of hydrogen-bond donors (Lipinski definition) is 1. The Kier molecular flexibility index (Phi) is 2.77. The van der Waals surface area contributed by atoms with Gasteiger partial charge in [0.05, 0.1) is 5.52 Å². The van der Waals surface area contributed by atoms with E-state index in [0.29, 0.717) is 18.4 Å². The average molecular weight is 219 g/mol. The minimum absolute atomic E-state index is 0.241. The van der Waals surface area contributed by atoms with Gasteiger partial charge in [0, 0.05) is 17.5 Å². The molecule has 0 aliphatic rings. The number of aryl methyl sites for hydroxylation is 3. The minimum atomic E-state index is -0.241. The monoisotopic (exact) mass is 219 g/mol. The molecular weight excluding hydrogens is 205 g/mol. The second-order valence-corrected chi connectivity index (χ2v) is 4.08. The molecular formula is C13H14FNO. The second-order valence-electron chi connectivity index (χ2n) is 4.08. The summed E-state index contributed by atoms with van der Waals surface area (Å²) >= 11 is 0. The van der Waals surface area contributed by atoms with Gasteiger partial charge in [-0.2, -0.15) is 0 Å². The number of H-pyrrole nitrogens is 1. The molecule has 1 aromatic heterocycles. The number of carbonyl (C=O) groups is 1. The van der Waals surface area contributed by atoms with Gasteiger partial charge in [0.25, 0.3) is 0 Å². The molecule has 3 heteroatoms. The first-order valence-corrected chi connectivity index (χ1v) is 5.34. The maximum absolute atomic E-state index is 13.7. The Bertz CT molecular complexity index is 542. The van der Waals surface area contributed by atoms with E-state index in [0.717, 1.165) is 28.5 Å². The van der Waals surface area contributed by atoms with Crippen molar-refractivity contribution >= 4 is 17.2 Å². The van der Waals surface area contributed by atoms with Crippen LogP contribution < -0.4 is 0 Å². The summed E-state index contributed by atoms with van der Waals surface area (Å²) in [6.45, 7) is 3.90. The summed E-state index contributed by atoms with van der Waals surface area (Å²) in [6.07, 6.45) is 1.89. The molecule has 0 atom stereocenters. The van der Waals surface area contributed by atoms with Crippen molar-refractivity contribution in [1.29, 1.82) is 0 Å². The number of aldehydes is 1. The number of hydrogen-bond acceptors (Lipinski definition) is 1. The molecule has 16 heavy (non-hydrogen) atoms. The first-order chi connectivity index (χ1) is 7.63. The number of carbonyl (C=O) groups excluding carboxylic acids is 1. The van der Waals surface area contributed by atoms with Gasteiger partial charge in [0.15, 0.2) is 0 Å². The summed E-state index contributed by atoms with van der Waals surface area (Å²) in [5.74, 6) is -0.241. The van der Waals surface area contributed by atoms with Crippen molar-refractivity contribution in [3.63, 3.8) is 0 Å². The van der Waals surface area contributed by atoms with Crippen molar-refractivity contribution in [2.75, 3.05) is 0 Å². The van der Waals surface area contributed by atoms with E-state index in [-0.39, 0.29) is 5.82 Å².